The fourth-order valence-electron chi connectivity index (χ4n) is 1.82. The van der Waals surface area contributed by atoms with Crippen molar-refractivity contribution < 1.29 is 4.74 Å². The number of morpholine rings is 1. The molecule has 1 aromatic rings. The molecular weight excluding hydrogens is 208 g/mol. The molecular formula is C11H14N2OS. The van der Waals surface area contributed by atoms with Crippen LogP contribution in [0.1, 0.15) is 11.6 Å². The zero-order valence-corrected chi connectivity index (χ0v) is 9.24. The second-order valence-electron chi connectivity index (χ2n) is 3.53. The van der Waals surface area contributed by atoms with E-state index in [-0.39, 0.29) is 6.04 Å². The zero-order valence-electron chi connectivity index (χ0n) is 8.43. The first-order valence-corrected chi connectivity index (χ1v) is 5.38. The molecule has 0 saturated carbocycles. The second-order valence-corrected chi connectivity index (χ2v) is 3.95. The Morgan fingerprint density at radius 2 is 2.13 bits per heavy atom. The predicted octanol–water partition coefficient (Wildman–Crippen LogP) is 1.30. The molecule has 0 unspecified atom stereocenters. The van der Waals surface area contributed by atoms with Crippen LogP contribution in [0.25, 0.3) is 0 Å². The molecule has 1 aromatic carbocycles. The average molecular weight is 222 g/mol. The van der Waals surface area contributed by atoms with Gasteiger partial charge in [0.2, 0.25) is 0 Å². The number of ether oxygens (including phenoxy) is 1. The van der Waals surface area contributed by atoms with Crippen LogP contribution >= 0.6 is 12.2 Å². The Kier molecular flexibility index (Phi) is 3.18. The second kappa shape index (κ2) is 4.59. The summed E-state index contributed by atoms with van der Waals surface area (Å²) in [4.78, 5) is 2.02. The van der Waals surface area contributed by atoms with E-state index in [0.29, 0.717) is 18.3 Å². The maximum absolute atomic E-state index is 5.70. The van der Waals surface area contributed by atoms with Crippen molar-refractivity contribution in [3.8, 4) is 0 Å². The molecule has 1 atom stereocenters. The summed E-state index contributed by atoms with van der Waals surface area (Å²) < 4.78 is 5.46. The van der Waals surface area contributed by atoms with Crippen LogP contribution in [0.5, 0.6) is 0 Å². The highest BCUT2D eigenvalue weighted by Gasteiger charge is 2.24. The van der Waals surface area contributed by atoms with Gasteiger partial charge < -0.3 is 15.4 Å². The average Bonchev–Trinajstić information content (AvgIpc) is 2.30. The highest BCUT2D eigenvalue weighted by Crippen LogP contribution is 2.23. The van der Waals surface area contributed by atoms with Gasteiger partial charge in [0.25, 0.3) is 0 Å². The van der Waals surface area contributed by atoms with Gasteiger partial charge in [-0.05, 0) is 17.8 Å². The molecule has 1 aliphatic heterocycles. The Morgan fingerprint density at radius 1 is 1.40 bits per heavy atom. The van der Waals surface area contributed by atoms with Crippen LogP contribution in [0.2, 0.25) is 0 Å². The first-order valence-electron chi connectivity index (χ1n) is 4.98. The summed E-state index contributed by atoms with van der Waals surface area (Å²) >= 11 is 5.04. The van der Waals surface area contributed by atoms with Crippen molar-refractivity contribution in [2.24, 2.45) is 5.73 Å². The monoisotopic (exact) mass is 222 g/mol. The van der Waals surface area contributed by atoms with Gasteiger partial charge >= 0.3 is 0 Å². The fraction of sp³-hybridized carbons (Fsp3) is 0.364. The number of benzene rings is 1. The van der Waals surface area contributed by atoms with Crippen LogP contribution in [-0.4, -0.2) is 29.8 Å². The van der Waals surface area contributed by atoms with Crippen LogP contribution in [0.4, 0.5) is 0 Å². The molecule has 0 aliphatic carbocycles. The van der Waals surface area contributed by atoms with Crippen molar-refractivity contribution in [1.29, 1.82) is 0 Å². The largest absolute Gasteiger partial charge is 0.377 e. The van der Waals surface area contributed by atoms with Crippen molar-refractivity contribution in [1.82, 2.24) is 4.90 Å². The molecule has 1 saturated heterocycles. The lowest BCUT2D eigenvalue weighted by molar-refractivity contribution is 0.0264. The van der Waals surface area contributed by atoms with E-state index in [4.69, 9.17) is 22.7 Å². The van der Waals surface area contributed by atoms with E-state index in [1.54, 1.807) is 0 Å². The minimum atomic E-state index is 0.164. The number of nitrogens with two attached hydrogens (primary N) is 1. The van der Waals surface area contributed by atoms with Gasteiger partial charge in [-0.3, -0.25) is 0 Å². The molecule has 0 aromatic heterocycles. The van der Waals surface area contributed by atoms with Gasteiger partial charge in [0.05, 0.1) is 19.3 Å². The number of nitrogens with zero attached hydrogens (tertiary/aromatic N) is 1. The Hall–Kier alpha value is -1.13. The van der Waals surface area contributed by atoms with Gasteiger partial charge in [0.15, 0.2) is 5.11 Å². The van der Waals surface area contributed by atoms with Gasteiger partial charge in [0, 0.05) is 6.54 Å². The lowest BCUT2D eigenvalue weighted by atomic mass is 10.1. The highest BCUT2D eigenvalue weighted by molar-refractivity contribution is 7.80. The van der Waals surface area contributed by atoms with Gasteiger partial charge in [-0.2, -0.15) is 0 Å². The van der Waals surface area contributed by atoms with Crippen LogP contribution in [0.15, 0.2) is 30.3 Å². The molecule has 0 amide bonds. The number of hydrogen-bond donors (Lipinski definition) is 1. The molecule has 80 valence electrons. The molecule has 4 heteroatoms. The van der Waals surface area contributed by atoms with Crippen LogP contribution in [0.3, 0.4) is 0 Å². The third-order valence-electron chi connectivity index (χ3n) is 2.60. The first kappa shape index (κ1) is 10.4. The summed E-state index contributed by atoms with van der Waals surface area (Å²) in [5, 5.41) is 0.451. The van der Waals surface area contributed by atoms with E-state index < -0.39 is 0 Å². The fourth-order valence-corrected chi connectivity index (χ4v) is 2.04. The molecule has 0 bridgehead atoms. The standard InChI is InChI=1S/C11H14N2OS/c12-11(15)13-6-7-14-8-10(13)9-4-2-1-3-5-9/h1-5,10H,6-8H2,(H2,12,15)/t10-/m0/s1. The lowest BCUT2D eigenvalue weighted by Crippen LogP contribution is -2.45. The summed E-state index contributed by atoms with van der Waals surface area (Å²) in [6.07, 6.45) is 0. The minimum absolute atomic E-state index is 0.164. The van der Waals surface area contributed by atoms with E-state index in [9.17, 15) is 0 Å². The third-order valence-corrected chi connectivity index (χ3v) is 2.83. The molecule has 1 heterocycles. The minimum Gasteiger partial charge on any atom is -0.377 e. The summed E-state index contributed by atoms with van der Waals surface area (Å²) in [7, 11) is 0. The van der Waals surface area contributed by atoms with Crippen molar-refractivity contribution >= 4 is 17.3 Å². The predicted molar refractivity (Wildman–Crippen MR) is 63.5 cm³/mol. The maximum Gasteiger partial charge on any atom is 0.166 e. The van der Waals surface area contributed by atoms with E-state index in [1.807, 2.05) is 23.1 Å². The van der Waals surface area contributed by atoms with Gasteiger partial charge in [0.1, 0.15) is 0 Å². The molecule has 0 spiro atoms. The molecule has 15 heavy (non-hydrogen) atoms. The third kappa shape index (κ3) is 2.27. The molecule has 2 N–H and O–H groups in total. The van der Waals surface area contributed by atoms with E-state index >= 15 is 0 Å². The lowest BCUT2D eigenvalue weighted by Gasteiger charge is -2.36. The smallest absolute Gasteiger partial charge is 0.166 e. The number of hydrogen-bond acceptors (Lipinski definition) is 2. The summed E-state index contributed by atoms with van der Waals surface area (Å²) in [6.45, 7) is 2.12. The van der Waals surface area contributed by atoms with Crippen molar-refractivity contribution in [3.63, 3.8) is 0 Å². The quantitative estimate of drug-likeness (QED) is 0.727. The Labute approximate surface area is 94.8 Å². The van der Waals surface area contributed by atoms with Gasteiger partial charge in [-0.15, -0.1) is 0 Å². The molecule has 3 nitrogen and oxygen atoms in total. The zero-order chi connectivity index (χ0) is 10.7. The Balaban J connectivity index is 2.22. The summed E-state index contributed by atoms with van der Waals surface area (Å²) in [5.41, 5.74) is 6.90. The van der Waals surface area contributed by atoms with Gasteiger partial charge in [-0.25, -0.2) is 0 Å². The van der Waals surface area contributed by atoms with E-state index in [2.05, 4.69) is 12.1 Å². The normalized spacial score (nSPS) is 21.3. The van der Waals surface area contributed by atoms with E-state index in [0.717, 1.165) is 6.54 Å². The van der Waals surface area contributed by atoms with Crippen molar-refractivity contribution in [3.05, 3.63) is 35.9 Å². The molecule has 1 aliphatic rings. The number of thiocarbonyl (C=S) groups is 1. The van der Waals surface area contributed by atoms with Crippen LogP contribution in [0, 0.1) is 0 Å². The Bertz CT molecular complexity index is 342. The van der Waals surface area contributed by atoms with Crippen LogP contribution in [-0.2, 0) is 4.74 Å². The first-order chi connectivity index (χ1) is 7.29. The van der Waals surface area contributed by atoms with Crippen molar-refractivity contribution in [2.45, 2.75) is 6.04 Å². The highest BCUT2D eigenvalue weighted by atomic mass is 32.1. The Morgan fingerprint density at radius 3 is 2.80 bits per heavy atom. The topological polar surface area (TPSA) is 38.5 Å². The number of rotatable bonds is 1. The van der Waals surface area contributed by atoms with Crippen LogP contribution < -0.4 is 5.73 Å². The summed E-state index contributed by atoms with van der Waals surface area (Å²) in [5.74, 6) is 0. The molecule has 1 fully saturated rings. The molecule has 0 radical (unpaired) electrons. The van der Waals surface area contributed by atoms with Gasteiger partial charge in [-0.1, -0.05) is 30.3 Å². The van der Waals surface area contributed by atoms with Crippen molar-refractivity contribution in [2.75, 3.05) is 19.8 Å². The molecule has 2 rings (SSSR count). The van der Waals surface area contributed by atoms with E-state index in [1.165, 1.54) is 5.56 Å². The summed E-state index contributed by atoms with van der Waals surface area (Å²) in [6, 6.07) is 10.3. The maximum atomic E-state index is 5.70. The SMILES string of the molecule is NC(=S)N1CCOC[C@H]1c1ccccc1.